The average Bonchev–Trinajstić information content (AvgIpc) is 2.30. The zero-order valence-corrected chi connectivity index (χ0v) is 10.2. The molecule has 0 saturated carbocycles. The molecule has 0 unspecified atom stereocenters. The van der Waals surface area contributed by atoms with Crippen molar-refractivity contribution in [1.82, 2.24) is 0 Å². The van der Waals surface area contributed by atoms with Gasteiger partial charge in [-0.05, 0) is 29.7 Å². The Hall–Kier alpha value is -1.51. The fourth-order valence-electron chi connectivity index (χ4n) is 2.06. The third-order valence-electron chi connectivity index (χ3n) is 2.95. The van der Waals surface area contributed by atoms with Crippen LogP contribution in [0.25, 0.3) is 0 Å². The smallest absolute Gasteiger partial charge is 0.174 e. The molecule has 1 aromatic rings. The summed E-state index contributed by atoms with van der Waals surface area (Å²) in [6, 6.07) is 5.76. The fraction of sp³-hybridized carbons (Fsp3) is 0.214. The molecule has 2 heteroatoms. The van der Waals surface area contributed by atoms with Crippen LogP contribution >= 0.6 is 15.9 Å². The highest BCUT2D eigenvalue weighted by atomic mass is 79.9. The summed E-state index contributed by atoms with van der Waals surface area (Å²) in [5.41, 5.74) is 0.680. The predicted octanol–water partition coefficient (Wildman–Crippen LogP) is 2.47. The van der Waals surface area contributed by atoms with E-state index < -0.39 is 5.41 Å². The van der Waals surface area contributed by atoms with Gasteiger partial charge in [0.25, 0.3) is 0 Å². The van der Waals surface area contributed by atoms with Crippen molar-refractivity contribution in [2.24, 2.45) is 0 Å². The molecule has 0 amide bonds. The number of fused-ring (bicyclic) bond motifs is 1. The van der Waals surface area contributed by atoms with Crippen LogP contribution in [-0.2, 0) is 16.6 Å². The summed E-state index contributed by atoms with van der Waals surface area (Å²) < 4.78 is 0.885. The molecule has 0 atom stereocenters. The second-order valence-corrected chi connectivity index (χ2v) is 4.68. The Morgan fingerprint density at radius 2 is 1.94 bits per heavy atom. The van der Waals surface area contributed by atoms with Gasteiger partial charge >= 0.3 is 0 Å². The number of carbonyl (C=O) groups is 1. The van der Waals surface area contributed by atoms with Crippen molar-refractivity contribution in [3.05, 3.63) is 33.8 Å². The Morgan fingerprint density at radius 3 is 2.56 bits per heavy atom. The van der Waals surface area contributed by atoms with Gasteiger partial charge in [0.05, 0.1) is 0 Å². The van der Waals surface area contributed by atoms with Gasteiger partial charge in [-0.1, -0.05) is 33.8 Å². The van der Waals surface area contributed by atoms with Crippen molar-refractivity contribution >= 4 is 21.7 Å². The molecule has 0 bridgehead atoms. The second-order valence-electron chi connectivity index (χ2n) is 3.76. The van der Waals surface area contributed by atoms with Crippen LogP contribution in [0.2, 0.25) is 0 Å². The van der Waals surface area contributed by atoms with E-state index in [1.165, 1.54) is 0 Å². The average molecular weight is 273 g/mol. The predicted molar refractivity (Wildman–Crippen MR) is 66.8 cm³/mol. The first-order valence-corrected chi connectivity index (χ1v) is 5.71. The van der Waals surface area contributed by atoms with Gasteiger partial charge in [-0.25, -0.2) is 0 Å². The van der Waals surface area contributed by atoms with Gasteiger partial charge in [-0.15, -0.1) is 12.8 Å². The Kier molecular flexibility index (Phi) is 2.62. The van der Waals surface area contributed by atoms with Crippen LogP contribution < -0.4 is 0 Å². The largest absolute Gasteiger partial charge is 0.296 e. The van der Waals surface area contributed by atoms with E-state index in [0.717, 1.165) is 15.6 Å². The molecule has 0 aromatic heterocycles. The summed E-state index contributed by atoms with van der Waals surface area (Å²) >= 11 is 3.37. The van der Waals surface area contributed by atoms with E-state index in [2.05, 4.69) is 27.8 Å². The molecule has 0 N–H and O–H groups in total. The van der Waals surface area contributed by atoms with Gasteiger partial charge < -0.3 is 0 Å². The van der Waals surface area contributed by atoms with E-state index >= 15 is 0 Å². The Labute approximate surface area is 103 Å². The number of terminal acetylenes is 2. The van der Waals surface area contributed by atoms with Gasteiger partial charge in [0, 0.05) is 10.9 Å². The maximum absolute atomic E-state index is 12.0. The first-order valence-electron chi connectivity index (χ1n) is 4.92. The number of carbonyl (C=O) groups excluding carboxylic acids is 1. The maximum atomic E-state index is 12.0. The summed E-state index contributed by atoms with van der Waals surface area (Å²) in [6.07, 6.45) is 12.1. The third-order valence-corrected chi connectivity index (χ3v) is 3.44. The molecule has 16 heavy (non-hydrogen) atoms. The van der Waals surface area contributed by atoms with Gasteiger partial charge in [0.15, 0.2) is 11.2 Å². The highest BCUT2D eigenvalue weighted by molar-refractivity contribution is 9.10. The summed E-state index contributed by atoms with van der Waals surface area (Å²) in [7, 11) is 0. The number of aryl methyl sites for hydroxylation is 1. The summed E-state index contributed by atoms with van der Waals surface area (Å²) in [5, 5.41) is 0. The monoisotopic (exact) mass is 272 g/mol. The fourth-order valence-corrected chi connectivity index (χ4v) is 2.42. The van der Waals surface area contributed by atoms with Gasteiger partial charge in [-0.2, -0.15) is 0 Å². The number of hydrogen-bond donors (Lipinski definition) is 0. The Balaban J connectivity index is 2.75. The SMILES string of the molecule is C#CC1(C#C)C(=O)CCc2ccc(Br)cc21. The zero-order valence-electron chi connectivity index (χ0n) is 8.59. The standard InChI is InChI=1S/C14H9BrO/c1-3-14(4-2)12-9-11(15)7-5-10(12)6-8-13(14)16/h1-2,5,7,9H,6,8H2. The van der Waals surface area contributed by atoms with Gasteiger partial charge in [-0.3, -0.25) is 4.79 Å². The highest BCUT2D eigenvalue weighted by Gasteiger charge is 2.40. The lowest BCUT2D eigenvalue weighted by atomic mass is 9.70. The molecule has 0 fully saturated rings. The molecule has 0 heterocycles. The molecule has 0 spiro atoms. The van der Waals surface area contributed by atoms with E-state index in [9.17, 15) is 4.79 Å². The Morgan fingerprint density at radius 1 is 1.25 bits per heavy atom. The normalized spacial score (nSPS) is 17.1. The van der Waals surface area contributed by atoms with Crippen LogP contribution in [0.5, 0.6) is 0 Å². The molecule has 0 radical (unpaired) electrons. The third kappa shape index (κ3) is 1.39. The van der Waals surface area contributed by atoms with Crippen molar-refractivity contribution in [2.75, 3.05) is 0 Å². The van der Waals surface area contributed by atoms with E-state index in [1.54, 1.807) is 0 Å². The lowest BCUT2D eigenvalue weighted by Gasteiger charge is -2.29. The lowest BCUT2D eigenvalue weighted by Crippen LogP contribution is -2.37. The zero-order chi connectivity index (χ0) is 11.8. The Bertz CT molecular complexity index is 529. The van der Waals surface area contributed by atoms with Crippen molar-refractivity contribution in [3.63, 3.8) is 0 Å². The van der Waals surface area contributed by atoms with Crippen LogP contribution in [0.3, 0.4) is 0 Å². The number of halogens is 1. The topological polar surface area (TPSA) is 17.1 Å². The quantitative estimate of drug-likeness (QED) is 0.664. The minimum absolute atomic E-state index is 0.0527. The first kappa shape index (κ1) is 11.0. The number of hydrogen-bond acceptors (Lipinski definition) is 1. The molecule has 1 aliphatic carbocycles. The molecule has 1 nitrogen and oxygen atoms in total. The molecule has 2 rings (SSSR count). The maximum Gasteiger partial charge on any atom is 0.174 e. The van der Waals surface area contributed by atoms with Crippen molar-refractivity contribution in [1.29, 1.82) is 0 Å². The van der Waals surface area contributed by atoms with E-state index in [1.807, 2.05) is 18.2 Å². The van der Waals surface area contributed by atoms with E-state index in [4.69, 9.17) is 12.8 Å². The van der Waals surface area contributed by atoms with Gasteiger partial charge in [0.2, 0.25) is 0 Å². The number of Topliss-reactive ketones (excluding diaryl/α,β-unsaturated/α-hetero) is 1. The second kappa shape index (κ2) is 3.81. The number of ketones is 1. The van der Waals surface area contributed by atoms with Crippen molar-refractivity contribution in [2.45, 2.75) is 18.3 Å². The van der Waals surface area contributed by atoms with Crippen LogP contribution in [-0.4, -0.2) is 5.78 Å². The van der Waals surface area contributed by atoms with Gasteiger partial charge in [0.1, 0.15) is 0 Å². The van der Waals surface area contributed by atoms with Crippen LogP contribution in [0.4, 0.5) is 0 Å². The molecule has 1 aromatic carbocycles. The number of rotatable bonds is 0. The van der Waals surface area contributed by atoms with Crippen LogP contribution in [0.1, 0.15) is 17.5 Å². The van der Waals surface area contributed by atoms with Crippen LogP contribution in [0.15, 0.2) is 22.7 Å². The molecule has 0 saturated heterocycles. The highest BCUT2D eigenvalue weighted by Crippen LogP contribution is 2.35. The van der Waals surface area contributed by atoms with Crippen LogP contribution in [0, 0.1) is 24.7 Å². The minimum atomic E-state index is -1.17. The summed E-state index contributed by atoms with van der Waals surface area (Å²) in [6.45, 7) is 0. The summed E-state index contributed by atoms with van der Waals surface area (Å²) in [4.78, 5) is 12.0. The molecular formula is C14H9BrO. The van der Waals surface area contributed by atoms with Crippen molar-refractivity contribution < 1.29 is 4.79 Å². The van der Waals surface area contributed by atoms with Crippen molar-refractivity contribution in [3.8, 4) is 24.7 Å². The number of benzene rings is 1. The molecule has 78 valence electrons. The van der Waals surface area contributed by atoms with E-state index in [-0.39, 0.29) is 5.78 Å². The minimum Gasteiger partial charge on any atom is -0.296 e. The lowest BCUT2D eigenvalue weighted by molar-refractivity contribution is -0.121. The molecule has 0 aliphatic heterocycles. The first-order chi connectivity index (χ1) is 7.64. The molecule has 1 aliphatic rings. The van der Waals surface area contributed by atoms with E-state index in [0.29, 0.717) is 12.8 Å². The summed E-state index contributed by atoms with van der Waals surface area (Å²) in [5.74, 6) is 4.93. The molecular weight excluding hydrogens is 264 g/mol.